The molecule has 5 rings (SSSR count). The zero-order valence-electron chi connectivity index (χ0n) is 12.1. The normalized spacial score (nSPS) is 30.3. The third-order valence-electron chi connectivity index (χ3n) is 5.58. The van der Waals surface area contributed by atoms with Crippen molar-refractivity contribution in [3.63, 3.8) is 0 Å². The molecule has 3 fully saturated rings. The Balaban J connectivity index is 1.54. The van der Waals surface area contributed by atoms with E-state index in [9.17, 15) is 0 Å². The lowest BCUT2D eigenvalue weighted by molar-refractivity contribution is 0.441. The van der Waals surface area contributed by atoms with Crippen LogP contribution in [0.3, 0.4) is 0 Å². The number of hydrogen-bond acceptors (Lipinski definition) is 2. The van der Waals surface area contributed by atoms with Gasteiger partial charge in [-0.2, -0.15) is 0 Å². The topological polar surface area (TPSA) is 30.7 Å². The molecule has 0 spiro atoms. The smallest absolute Gasteiger partial charge is 0.140 e. The van der Waals surface area contributed by atoms with Gasteiger partial charge in [0.05, 0.1) is 0 Å². The van der Waals surface area contributed by atoms with Gasteiger partial charge in [-0.1, -0.05) is 23.8 Å². The van der Waals surface area contributed by atoms with Gasteiger partial charge in [0.25, 0.3) is 0 Å². The molecule has 3 nitrogen and oxygen atoms in total. The first kappa shape index (κ1) is 12.5. The second kappa shape index (κ2) is 4.22. The molecule has 110 valence electrons. The van der Waals surface area contributed by atoms with E-state index >= 15 is 0 Å². The Morgan fingerprint density at radius 2 is 1.95 bits per heavy atom. The van der Waals surface area contributed by atoms with Crippen molar-refractivity contribution in [3.8, 4) is 0 Å². The lowest BCUT2D eigenvalue weighted by Gasteiger charge is -2.25. The van der Waals surface area contributed by atoms with Crippen molar-refractivity contribution in [2.24, 2.45) is 5.92 Å². The Hall–Kier alpha value is -1.09. The number of rotatable bonds is 4. The average molecular weight is 302 g/mol. The maximum absolute atomic E-state index is 6.09. The van der Waals surface area contributed by atoms with Crippen LogP contribution in [0.4, 0.5) is 0 Å². The molecule has 4 aliphatic carbocycles. The Bertz CT molecular complexity index is 645. The molecule has 0 N–H and O–H groups in total. The van der Waals surface area contributed by atoms with Crippen LogP contribution in [0.25, 0.3) is 0 Å². The van der Waals surface area contributed by atoms with Crippen molar-refractivity contribution in [1.29, 1.82) is 0 Å². The van der Waals surface area contributed by atoms with Gasteiger partial charge >= 0.3 is 0 Å². The average Bonchev–Trinajstić information content (AvgIpc) is 3.34. The Morgan fingerprint density at radius 3 is 2.52 bits per heavy atom. The molecule has 0 bridgehead atoms. The summed E-state index contributed by atoms with van der Waals surface area (Å²) in [6.07, 6.45) is 15.3. The van der Waals surface area contributed by atoms with Crippen molar-refractivity contribution >= 4 is 11.6 Å². The first-order valence-corrected chi connectivity index (χ1v) is 8.65. The highest BCUT2D eigenvalue weighted by Gasteiger charge is 2.55. The van der Waals surface area contributed by atoms with Crippen molar-refractivity contribution in [3.05, 3.63) is 34.9 Å². The van der Waals surface area contributed by atoms with Gasteiger partial charge < -0.3 is 4.57 Å². The summed E-state index contributed by atoms with van der Waals surface area (Å²) in [6.45, 7) is 0. The molecule has 0 aromatic carbocycles. The van der Waals surface area contributed by atoms with Crippen LogP contribution in [-0.4, -0.2) is 14.8 Å². The van der Waals surface area contributed by atoms with Crippen molar-refractivity contribution in [1.82, 2.24) is 14.8 Å². The number of aromatic nitrogens is 3. The molecular formula is C17H20ClN3. The lowest BCUT2D eigenvalue weighted by atomic mass is 9.83. The summed E-state index contributed by atoms with van der Waals surface area (Å²) in [5.41, 5.74) is 0.243. The van der Waals surface area contributed by atoms with Crippen LogP contribution in [0, 0.1) is 5.92 Å². The quantitative estimate of drug-likeness (QED) is 0.833. The molecule has 1 aromatic heterocycles. The van der Waals surface area contributed by atoms with Crippen LogP contribution in [0.2, 0.25) is 0 Å². The molecule has 3 saturated carbocycles. The number of nitrogens with zero attached hydrogens (tertiary/aromatic N) is 3. The van der Waals surface area contributed by atoms with Gasteiger partial charge in [0.2, 0.25) is 0 Å². The highest BCUT2D eigenvalue weighted by Crippen LogP contribution is 2.58. The highest BCUT2D eigenvalue weighted by atomic mass is 35.5. The molecule has 1 unspecified atom stereocenters. The van der Waals surface area contributed by atoms with Crippen molar-refractivity contribution in [2.45, 2.75) is 62.3 Å². The first-order chi connectivity index (χ1) is 10.3. The van der Waals surface area contributed by atoms with Gasteiger partial charge in [-0.05, 0) is 56.9 Å². The van der Waals surface area contributed by atoms with Gasteiger partial charge in [-0.3, -0.25) is 0 Å². The SMILES string of the molecule is ClC1=CCC(C2(c3nnc(C4CC4)n3C3CC3)CC2)C=C1. The van der Waals surface area contributed by atoms with Crippen LogP contribution < -0.4 is 0 Å². The minimum atomic E-state index is 0.243. The fourth-order valence-electron chi connectivity index (χ4n) is 3.85. The van der Waals surface area contributed by atoms with Crippen LogP contribution in [-0.2, 0) is 5.41 Å². The molecular weight excluding hydrogens is 282 g/mol. The Morgan fingerprint density at radius 1 is 1.14 bits per heavy atom. The van der Waals surface area contributed by atoms with Crippen LogP contribution >= 0.6 is 11.6 Å². The van der Waals surface area contributed by atoms with Crippen molar-refractivity contribution in [2.75, 3.05) is 0 Å². The summed E-state index contributed by atoms with van der Waals surface area (Å²) >= 11 is 6.09. The maximum atomic E-state index is 6.09. The Kier molecular flexibility index (Phi) is 2.50. The number of hydrogen-bond donors (Lipinski definition) is 0. The van der Waals surface area contributed by atoms with Crippen LogP contribution in [0.5, 0.6) is 0 Å². The largest absolute Gasteiger partial charge is 0.311 e. The third-order valence-corrected chi connectivity index (χ3v) is 5.86. The molecule has 0 saturated heterocycles. The fourth-order valence-corrected chi connectivity index (χ4v) is 4.02. The third kappa shape index (κ3) is 1.93. The van der Waals surface area contributed by atoms with E-state index in [2.05, 4.69) is 27.9 Å². The summed E-state index contributed by atoms with van der Waals surface area (Å²) in [7, 11) is 0. The van der Waals surface area contributed by atoms with Crippen LogP contribution in [0.15, 0.2) is 23.3 Å². The van der Waals surface area contributed by atoms with E-state index in [1.165, 1.54) is 50.2 Å². The van der Waals surface area contributed by atoms with Gasteiger partial charge in [-0.15, -0.1) is 10.2 Å². The summed E-state index contributed by atoms with van der Waals surface area (Å²) < 4.78 is 2.54. The van der Waals surface area contributed by atoms with E-state index in [1.54, 1.807) is 0 Å². The summed E-state index contributed by atoms with van der Waals surface area (Å²) in [4.78, 5) is 0. The first-order valence-electron chi connectivity index (χ1n) is 8.27. The van der Waals surface area contributed by atoms with E-state index in [1.807, 2.05) is 0 Å². The van der Waals surface area contributed by atoms with E-state index < -0.39 is 0 Å². The van der Waals surface area contributed by atoms with E-state index in [4.69, 9.17) is 16.7 Å². The van der Waals surface area contributed by atoms with E-state index in [0.29, 0.717) is 17.9 Å². The second-order valence-electron chi connectivity index (χ2n) is 7.20. The monoisotopic (exact) mass is 301 g/mol. The Labute approximate surface area is 130 Å². The molecule has 4 aliphatic rings. The summed E-state index contributed by atoms with van der Waals surface area (Å²) in [5, 5.41) is 10.2. The highest BCUT2D eigenvalue weighted by molar-refractivity contribution is 6.31. The molecule has 21 heavy (non-hydrogen) atoms. The molecule has 0 aliphatic heterocycles. The molecule has 1 atom stereocenters. The van der Waals surface area contributed by atoms with E-state index in [-0.39, 0.29) is 5.41 Å². The summed E-state index contributed by atoms with van der Waals surface area (Å²) in [6, 6.07) is 0.690. The standard InChI is InChI=1S/C17H20ClN3/c18-13-5-3-12(4-6-13)17(9-10-17)16-20-19-15(11-1-2-11)21(16)14-7-8-14/h3,5-6,11-12,14H,1-2,4,7-10H2. The maximum Gasteiger partial charge on any atom is 0.140 e. The lowest BCUT2D eigenvalue weighted by Crippen LogP contribution is -2.24. The minimum Gasteiger partial charge on any atom is -0.311 e. The van der Waals surface area contributed by atoms with Crippen LogP contribution in [0.1, 0.15) is 68.6 Å². The zero-order chi connectivity index (χ0) is 14.0. The minimum absolute atomic E-state index is 0.243. The number of allylic oxidation sites excluding steroid dienone is 4. The molecule has 1 aromatic rings. The second-order valence-corrected chi connectivity index (χ2v) is 7.64. The van der Waals surface area contributed by atoms with Gasteiger partial charge in [0.1, 0.15) is 11.6 Å². The molecule has 0 amide bonds. The molecule has 1 heterocycles. The molecule has 4 heteroatoms. The zero-order valence-corrected chi connectivity index (χ0v) is 12.9. The predicted molar refractivity (Wildman–Crippen MR) is 82.4 cm³/mol. The van der Waals surface area contributed by atoms with Gasteiger partial charge in [-0.25, -0.2) is 0 Å². The van der Waals surface area contributed by atoms with E-state index in [0.717, 1.165) is 11.5 Å². The number of halogens is 1. The van der Waals surface area contributed by atoms with Gasteiger partial charge in [0.15, 0.2) is 0 Å². The van der Waals surface area contributed by atoms with Gasteiger partial charge in [0, 0.05) is 22.4 Å². The predicted octanol–water partition coefficient (Wildman–Crippen LogP) is 4.22. The fraction of sp³-hybridized carbons (Fsp3) is 0.647. The van der Waals surface area contributed by atoms with Crippen molar-refractivity contribution < 1.29 is 0 Å². The summed E-state index contributed by atoms with van der Waals surface area (Å²) in [5.74, 6) is 3.81. The molecule has 0 radical (unpaired) electrons.